The van der Waals surface area contributed by atoms with E-state index in [1.54, 1.807) is 6.92 Å². The summed E-state index contributed by atoms with van der Waals surface area (Å²) in [7, 11) is -3.77. The molecule has 0 radical (unpaired) electrons. The summed E-state index contributed by atoms with van der Waals surface area (Å²) in [6, 6.07) is 1.93. The van der Waals surface area contributed by atoms with Crippen molar-refractivity contribution in [2.45, 2.75) is 18.6 Å². The zero-order valence-corrected chi connectivity index (χ0v) is 10.4. The SMILES string of the molecule is Cc1[nH]nc(N2CC(S(N)(=O)=O)CC2=O)c1C#N. The fourth-order valence-electron chi connectivity index (χ4n) is 1.85. The van der Waals surface area contributed by atoms with Crippen LogP contribution in [0.5, 0.6) is 0 Å². The summed E-state index contributed by atoms with van der Waals surface area (Å²) >= 11 is 0. The summed E-state index contributed by atoms with van der Waals surface area (Å²) in [4.78, 5) is 12.9. The number of amides is 1. The Morgan fingerprint density at radius 3 is 2.78 bits per heavy atom. The van der Waals surface area contributed by atoms with Crippen LogP contribution in [0.1, 0.15) is 17.7 Å². The van der Waals surface area contributed by atoms with Crippen molar-refractivity contribution < 1.29 is 13.2 Å². The third-order valence-corrected chi connectivity index (χ3v) is 4.09. The van der Waals surface area contributed by atoms with Gasteiger partial charge in [0.2, 0.25) is 15.9 Å². The van der Waals surface area contributed by atoms with Crippen LogP contribution in [0.2, 0.25) is 0 Å². The molecule has 1 aromatic rings. The molecule has 0 saturated carbocycles. The highest BCUT2D eigenvalue weighted by Crippen LogP contribution is 2.26. The number of carbonyl (C=O) groups is 1. The van der Waals surface area contributed by atoms with E-state index < -0.39 is 21.2 Å². The van der Waals surface area contributed by atoms with E-state index in [4.69, 9.17) is 10.4 Å². The van der Waals surface area contributed by atoms with E-state index >= 15 is 0 Å². The second-order valence-corrected chi connectivity index (χ2v) is 5.92. The van der Waals surface area contributed by atoms with E-state index in [0.29, 0.717) is 5.69 Å². The van der Waals surface area contributed by atoms with Gasteiger partial charge in [0.25, 0.3) is 0 Å². The molecule has 1 atom stereocenters. The van der Waals surface area contributed by atoms with Crippen LogP contribution in [0.3, 0.4) is 0 Å². The molecule has 1 aliphatic rings. The number of H-pyrrole nitrogens is 1. The van der Waals surface area contributed by atoms with Gasteiger partial charge in [0.05, 0.1) is 5.69 Å². The number of nitriles is 1. The van der Waals surface area contributed by atoms with Crippen molar-refractivity contribution in [3.05, 3.63) is 11.3 Å². The smallest absolute Gasteiger partial charge is 0.229 e. The van der Waals surface area contributed by atoms with Gasteiger partial charge >= 0.3 is 0 Å². The summed E-state index contributed by atoms with van der Waals surface area (Å²) < 4.78 is 22.4. The molecule has 0 bridgehead atoms. The maximum absolute atomic E-state index is 11.8. The number of hydrogen-bond acceptors (Lipinski definition) is 5. The summed E-state index contributed by atoms with van der Waals surface area (Å²) in [5, 5.41) is 19.5. The molecule has 2 heterocycles. The van der Waals surface area contributed by atoms with Crippen molar-refractivity contribution >= 4 is 21.7 Å². The monoisotopic (exact) mass is 269 g/mol. The minimum atomic E-state index is -3.77. The van der Waals surface area contributed by atoms with Crippen LogP contribution in [0.15, 0.2) is 0 Å². The van der Waals surface area contributed by atoms with Crippen LogP contribution < -0.4 is 10.0 Å². The highest BCUT2D eigenvalue weighted by molar-refractivity contribution is 7.89. The molecular formula is C9H11N5O3S. The average Bonchev–Trinajstić information content (AvgIpc) is 2.80. The van der Waals surface area contributed by atoms with Crippen molar-refractivity contribution in [3.63, 3.8) is 0 Å². The molecular weight excluding hydrogens is 258 g/mol. The molecule has 2 rings (SSSR count). The number of hydrogen-bond donors (Lipinski definition) is 2. The lowest BCUT2D eigenvalue weighted by atomic mass is 10.2. The zero-order chi connectivity index (χ0) is 13.5. The van der Waals surface area contributed by atoms with Crippen molar-refractivity contribution in [3.8, 4) is 6.07 Å². The van der Waals surface area contributed by atoms with Gasteiger partial charge in [-0.15, -0.1) is 0 Å². The van der Waals surface area contributed by atoms with Gasteiger partial charge in [-0.3, -0.25) is 14.8 Å². The predicted molar refractivity (Wildman–Crippen MR) is 61.9 cm³/mol. The van der Waals surface area contributed by atoms with E-state index in [9.17, 15) is 13.2 Å². The Hall–Kier alpha value is -1.92. The van der Waals surface area contributed by atoms with Crippen molar-refractivity contribution in [2.24, 2.45) is 5.14 Å². The van der Waals surface area contributed by atoms with Gasteiger partial charge in [0.15, 0.2) is 5.82 Å². The minimum absolute atomic E-state index is 0.0728. The first-order valence-electron chi connectivity index (χ1n) is 5.11. The average molecular weight is 269 g/mol. The maximum atomic E-state index is 11.8. The van der Waals surface area contributed by atoms with Gasteiger partial charge in [-0.2, -0.15) is 10.4 Å². The molecule has 18 heavy (non-hydrogen) atoms. The van der Waals surface area contributed by atoms with Crippen LogP contribution in [-0.4, -0.2) is 36.3 Å². The Kier molecular flexibility index (Phi) is 2.84. The number of nitrogens with zero attached hydrogens (tertiary/aromatic N) is 3. The van der Waals surface area contributed by atoms with Crippen LogP contribution in [0.25, 0.3) is 0 Å². The van der Waals surface area contributed by atoms with Crippen molar-refractivity contribution in [2.75, 3.05) is 11.4 Å². The van der Waals surface area contributed by atoms with Gasteiger partial charge in [-0.1, -0.05) is 0 Å². The number of nitrogens with two attached hydrogens (primary N) is 1. The third kappa shape index (κ3) is 1.96. The Bertz CT molecular complexity index is 642. The van der Waals surface area contributed by atoms with Gasteiger partial charge in [0.1, 0.15) is 16.9 Å². The molecule has 1 unspecified atom stereocenters. The van der Waals surface area contributed by atoms with E-state index in [0.717, 1.165) is 0 Å². The highest BCUT2D eigenvalue weighted by Gasteiger charge is 2.39. The Balaban J connectivity index is 2.37. The number of carbonyl (C=O) groups excluding carboxylic acids is 1. The van der Waals surface area contributed by atoms with Crippen LogP contribution in [-0.2, 0) is 14.8 Å². The number of aromatic nitrogens is 2. The second-order valence-electron chi connectivity index (χ2n) is 4.08. The maximum Gasteiger partial charge on any atom is 0.229 e. The molecule has 1 aliphatic heterocycles. The van der Waals surface area contributed by atoms with Crippen LogP contribution in [0.4, 0.5) is 5.82 Å². The Morgan fingerprint density at radius 2 is 2.28 bits per heavy atom. The molecule has 8 nitrogen and oxygen atoms in total. The number of sulfonamides is 1. The van der Waals surface area contributed by atoms with Gasteiger partial charge in [0, 0.05) is 13.0 Å². The molecule has 0 aromatic carbocycles. The molecule has 1 saturated heterocycles. The number of aromatic amines is 1. The van der Waals surface area contributed by atoms with Crippen molar-refractivity contribution in [1.82, 2.24) is 10.2 Å². The number of primary sulfonamides is 1. The van der Waals surface area contributed by atoms with Gasteiger partial charge in [-0.05, 0) is 6.92 Å². The number of nitrogens with one attached hydrogen (secondary N) is 1. The first-order chi connectivity index (χ1) is 8.34. The lowest BCUT2D eigenvalue weighted by Gasteiger charge is -2.13. The van der Waals surface area contributed by atoms with Gasteiger partial charge in [-0.25, -0.2) is 13.6 Å². The summed E-state index contributed by atoms with van der Waals surface area (Å²) in [5.74, 6) is -0.247. The number of rotatable bonds is 2. The summed E-state index contributed by atoms with van der Waals surface area (Å²) in [6.45, 7) is 1.57. The number of anilines is 1. The molecule has 1 aromatic heterocycles. The molecule has 3 N–H and O–H groups in total. The quantitative estimate of drug-likeness (QED) is 0.709. The van der Waals surface area contributed by atoms with Gasteiger partial charge < -0.3 is 0 Å². The lowest BCUT2D eigenvalue weighted by molar-refractivity contribution is -0.117. The molecule has 0 spiro atoms. The van der Waals surface area contributed by atoms with Crippen molar-refractivity contribution in [1.29, 1.82) is 5.26 Å². The molecule has 96 valence electrons. The summed E-state index contributed by atoms with van der Waals surface area (Å²) in [6.07, 6.45) is -0.185. The van der Waals surface area contributed by atoms with Crippen LogP contribution >= 0.6 is 0 Å². The normalized spacial score (nSPS) is 20.2. The molecule has 0 aliphatic carbocycles. The second kappa shape index (κ2) is 4.08. The van der Waals surface area contributed by atoms with Crippen LogP contribution in [0, 0.1) is 18.3 Å². The summed E-state index contributed by atoms with van der Waals surface area (Å²) in [5.41, 5.74) is 0.762. The van der Waals surface area contributed by atoms with E-state index in [-0.39, 0.29) is 24.3 Å². The molecule has 1 amide bonds. The minimum Gasteiger partial charge on any atom is -0.293 e. The molecule has 1 fully saturated rings. The van der Waals surface area contributed by atoms with E-state index in [2.05, 4.69) is 10.2 Å². The largest absolute Gasteiger partial charge is 0.293 e. The first-order valence-corrected chi connectivity index (χ1v) is 6.72. The lowest BCUT2D eigenvalue weighted by Crippen LogP contribution is -2.32. The highest BCUT2D eigenvalue weighted by atomic mass is 32.2. The van der Waals surface area contributed by atoms with E-state index in [1.807, 2.05) is 6.07 Å². The zero-order valence-electron chi connectivity index (χ0n) is 9.54. The number of aryl methyl sites for hydroxylation is 1. The first kappa shape index (κ1) is 12.5. The fraction of sp³-hybridized carbons (Fsp3) is 0.444. The predicted octanol–water partition coefficient (Wildman–Crippen LogP) is -1.02. The van der Waals surface area contributed by atoms with E-state index in [1.165, 1.54) is 4.90 Å². The third-order valence-electron chi connectivity index (χ3n) is 2.85. The Morgan fingerprint density at radius 1 is 1.61 bits per heavy atom. The molecule has 9 heteroatoms. The standard InChI is InChI=1S/C9H11N5O3S/c1-5-7(3-10)9(13-12-5)14-4-6(2-8(14)15)18(11,16)17/h6H,2,4H2,1H3,(H,12,13)(H2,11,16,17). The Labute approximate surface area is 103 Å². The topological polar surface area (TPSA) is 133 Å². The fourth-order valence-corrected chi connectivity index (χ4v) is 2.58.